The first-order valence-corrected chi connectivity index (χ1v) is 5.46. The fourth-order valence-corrected chi connectivity index (χ4v) is 1.39. The van der Waals surface area contributed by atoms with Crippen LogP contribution in [-0.4, -0.2) is 18.6 Å². The Morgan fingerprint density at radius 3 is 2.67 bits per heavy atom. The number of nitrogen functional groups attached to an aromatic ring is 1. The predicted octanol–water partition coefficient (Wildman–Crippen LogP) is 2.83. The van der Waals surface area contributed by atoms with E-state index < -0.39 is 12.6 Å². The van der Waals surface area contributed by atoms with E-state index in [0.717, 1.165) is 5.56 Å². The first kappa shape index (κ1) is 14.5. The molecule has 6 heteroatoms. The van der Waals surface area contributed by atoms with E-state index >= 15 is 0 Å². The Kier molecular flexibility index (Phi) is 5.15. The first-order chi connectivity index (χ1) is 8.38. The van der Waals surface area contributed by atoms with E-state index in [1.807, 2.05) is 0 Å². The van der Waals surface area contributed by atoms with Crippen molar-refractivity contribution in [2.24, 2.45) is 5.73 Å². The standard InChI is InChI=1S/C12H15F3N2O/c13-12(14,15)5-2-6-18-8-9-3-1-4-10(7-9)11(16)17/h1,3-4,7H,2,5-6,8H2,(H3,16,17). The molecule has 0 heterocycles. The molecule has 3 nitrogen and oxygen atoms in total. The van der Waals surface area contributed by atoms with E-state index in [2.05, 4.69) is 0 Å². The molecule has 0 saturated carbocycles. The number of benzene rings is 1. The van der Waals surface area contributed by atoms with Crippen molar-refractivity contribution >= 4 is 5.84 Å². The van der Waals surface area contributed by atoms with E-state index in [4.69, 9.17) is 15.9 Å². The zero-order chi connectivity index (χ0) is 13.6. The average Bonchev–Trinajstić information content (AvgIpc) is 2.27. The van der Waals surface area contributed by atoms with Crippen molar-refractivity contribution in [3.05, 3.63) is 35.4 Å². The summed E-state index contributed by atoms with van der Waals surface area (Å²) in [6.45, 7) is 0.281. The van der Waals surface area contributed by atoms with Crippen molar-refractivity contribution in [3.63, 3.8) is 0 Å². The first-order valence-electron chi connectivity index (χ1n) is 5.46. The van der Waals surface area contributed by atoms with Gasteiger partial charge in [0.15, 0.2) is 0 Å². The van der Waals surface area contributed by atoms with Crippen molar-refractivity contribution in [2.45, 2.75) is 25.6 Å². The Morgan fingerprint density at radius 2 is 2.06 bits per heavy atom. The summed E-state index contributed by atoms with van der Waals surface area (Å²) in [5.74, 6) is -0.0473. The van der Waals surface area contributed by atoms with E-state index in [1.54, 1.807) is 24.3 Å². The minimum Gasteiger partial charge on any atom is -0.384 e. The van der Waals surface area contributed by atoms with Crippen LogP contribution in [0.5, 0.6) is 0 Å². The van der Waals surface area contributed by atoms with Crippen molar-refractivity contribution in [3.8, 4) is 0 Å². The van der Waals surface area contributed by atoms with Crippen LogP contribution in [0.3, 0.4) is 0 Å². The monoisotopic (exact) mass is 260 g/mol. The normalized spacial score (nSPS) is 11.5. The number of alkyl halides is 3. The SMILES string of the molecule is N=C(N)c1cccc(COCCCC(F)(F)F)c1. The summed E-state index contributed by atoms with van der Waals surface area (Å²) in [4.78, 5) is 0. The van der Waals surface area contributed by atoms with Gasteiger partial charge in [0.1, 0.15) is 5.84 Å². The molecule has 0 aliphatic rings. The highest BCUT2D eigenvalue weighted by molar-refractivity contribution is 5.95. The van der Waals surface area contributed by atoms with Gasteiger partial charge in [-0.2, -0.15) is 13.2 Å². The van der Waals surface area contributed by atoms with Gasteiger partial charge in [0.05, 0.1) is 6.61 Å². The minimum absolute atomic E-state index is 0.0457. The van der Waals surface area contributed by atoms with Crippen LogP contribution in [0, 0.1) is 5.41 Å². The quantitative estimate of drug-likeness (QED) is 0.469. The molecule has 0 fully saturated rings. The molecule has 0 atom stereocenters. The second kappa shape index (κ2) is 6.39. The topological polar surface area (TPSA) is 59.1 Å². The molecule has 0 radical (unpaired) electrons. The lowest BCUT2D eigenvalue weighted by Gasteiger charge is -2.07. The number of rotatable bonds is 6. The van der Waals surface area contributed by atoms with Crippen LogP contribution < -0.4 is 5.73 Å². The van der Waals surface area contributed by atoms with E-state index in [1.165, 1.54) is 0 Å². The Balaban J connectivity index is 2.31. The van der Waals surface area contributed by atoms with Gasteiger partial charge < -0.3 is 10.5 Å². The molecule has 0 aliphatic heterocycles. The van der Waals surface area contributed by atoms with Gasteiger partial charge in [-0.05, 0) is 18.1 Å². The summed E-state index contributed by atoms with van der Waals surface area (Å²) in [6.07, 6.45) is -5.01. The van der Waals surface area contributed by atoms with Crippen molar-refractivity contribution in [1.82, 2.24) is 0 Å². The van der Waals surface area contributed by atoms with Crippen LogP contribution in [0.15, 0.2) is 24.3 Å². The lowest BCUT2D eigenvalue weighted by molar-refractivity contribution is -0.138. The van der Waals surface area contributed by atoms with Crippen LogP contribution in [0.2, 0.25) is 0 Å². The van der Waals surface area contributed by atoms with Crippen LogP contribution in [0.25, 0.3) is 0 Å². The summed E-state index contributed by atoms with van der Waals surface area (Å²) in [7, 11) is 0. The fourth-order valence-electron chi connectivity index (χ4n) is 1.39. The summed E-state index contributed by atoms with van der Waals surface area (Å²) in [6, 6.07) is 6.88. The molecule has 0 saturated heterocycles. The molecule has 0 spiro atoms. The summed E-state index contributed by atoms with van der Waals surface area (Å²) >= 11 is 0. The average molecular weight is 260 g/mol. The second-order valence-corrected chi connectivity index (χ2v) is 3.89. The number of ether oxygens (including phenoxy) is 1. The van der Waals surface area contributed by atoms with Gasteiger partial charge in [-0.3, -0.25) is 5.41 Å². The molecule has 3 N–H and O–H groups in total. The zero-order valence-electron chi connectivity index (χ0n) is 9.76. The number of halogens is 3. The predicted molar refractivity (Wildman–Crippen MR) is 62.4 cm³/mol. The third-order valence-electron chi connectivity index (χ3n) is 2.26. The minimum atomic E-state index is -4.13. The molecule has 0 unspecified atom stereocenters. The second-order valence-electron chi connectivity index (χ2n) is 3.89. The highest BCUT2D eigenvalue weighted by Gasteiger charge is 2.25. The fraction of sp³-hybridized carbons (Fsp3) is 0.417. The summed E-state index contributed by atoms with van der Waals surface area (Å²) in [5.41, 5.74) is 6.69. The Labute approximate surface area is 103 Å². The lowest BCUT2D eigenvalue weighted by Crippen LogP contribution is -2.11. The molecule has 100 valence electrons. The van der Waals surface area contributed by atoms with Gasteiger partial charge in [-0.1, -0.05) is 18.2 Å². The smallest absolute Gasteiger partial charge is 0.384 e. The molecule has 0 bridgehead atoms. The Hall–Kier alpha value is -1.56. The third kappa shape index (κ3) is 5.67. The maximum absolute atomic E-state index is 11.9. The van der Waals surface area contributed by atoms with Crippen molar-refractivity contribution in [2.75, 3.05) is 6.61 Å². The van der Waals surface area contributed by atoms with Crippen LogP contribution in [-0.2, 0) is 11.3 Å². The number of amidine groups is 1. The molecule has 1 rings (SSSR count). The van der Waals surface area contributed by atoms with Crippen molar-refractivity contribution < 1.29 is 17.9 Å². The maximum atomic E-state index is 11.9. The number of hydrogen-bond acceptors (Lipinski definition) is 2. The zero-order valence-corrected chi connectivity index (χ0v) is 9.76. The largest absolute Gasteiger partial charge is 0.389 e. The molecule has 1 aromatic rings. The van der Waals surface area contributed by atoms with Crippen LogP contribution in [0.1, 0.15) is 24.0 Å². The van der Waals surface area contributed by atoms with Gasteiger partial charge in [0.25, 0.3) is 0 Å². The number of hydrogen-bond donors (Lipinski definition) is 2. The maximum Gasteiger partial charge on any atom is 0.389 e. The van der Waals surface area contributed by atoms with E-state index in [9.17, 15) is 13.2 Å². The highest BCUT2D eigenvalue weighted by atomic mass is 19.4. The Bertz CT molecular complexity index is 405. The van der Waals surface area contributed by atoms with Gasteiger partial charge in [0, 0.05) is 18.6 Å². The molecular weight excluding hydrogens is 245 g/mol. The highest BCUT2D eigenvalue weighted by Crippen LogP contribution is 2.21. The Morgan fingerprint density at radius 1 is 1.33 bits per heavy atom. The molecule has 0 aliphatic carbocycles. The molecule has 1 aromatic carbocycles. The number of nitrogens with two attached hydrogens (primary N) is 1. The summed E-state index contributed by atoms with van der Waals surface area (Å²) < 4.78 is 40.7. The molecule has 18 heavy (non-hydrogen) atoms. The van der Waals surface area contributed by atoms with Gasteiger partial charge in [0.2, 0.25) is 0 Å². The van der Waals surface area contributed by atoms with Gasteiger partial charge >= 0.3 is 6.18 Å². The van der Waals surface area contributed by atoms with Crippen LogP contribution in [0.4, 0.5) is 13.2 Å². The molecule has 0 amide bonds. The van der Waals surface area contributed by atoms with Crippen molar-refractivity contribution in [1.29, 1.82) is 5.41 Å². The van der Waals surface area contributed by atoms with E-state index in [0.29, 0.717) is 5.56 Å². The van der Waals surface area contributed by atoms with Gasteiger partial charge in [-0.15, -0.1) is 0 Å². The summed E-state index contributed by atoms with van der Waals surface area (Å²) in [5, 5.41) is 7.26. The lowest BCUT2D eigenvalue weighted by atomic mass is 10.1. The number of nitrogens with one attached hydrogen (secondary N) is 1. The van der Waals surface area contributed by atoms with Gasteiger partial charge in [-0.25, -0.2) is 0 Å². The van der Waals surface area contributed by atoms with Crippen LogP contribution >= 0.6 is 0 Å². The molecular formula is C12H15F3N2O. The van der Waals surface area contributed by atoms with E-state index in [-0.39, 0.29) is 25.5 Å². The third-order valence-corrected chi connectivity index (χ3v) is 2.26. The molecule has 0 aromatic heterocycles.